The fourth-order valence-electron chi connectivity index (χ4n) is 3.24. The summed E-state index contributed by atoms with van der Waals surface area (Å²) in [6.45, 7) is 1.76. The van der Waals surface area contributed by atoms with Crippen LogP contribution in [0.2, 0.25) is 5.02 Å². The van der Waals surface area contributed by atoms with Gasteiger partial charge in [0.2, 0.25) is 0 Å². The summed E-state index contributed by atoms with van der Waals surface area (Å²) in [6.07, 6.45) is 3.39. The summed E-state index contributed by atoms with van der Waals surface area (Å²) in [7, 11) is 0. The standard InChI is InChI=1S/C19H19ClN2O/c20-15-9-7-14(8-10-15)12-19-21-17-5-1-2-6-18(17)22(19)13-16-4-3-11-23-16/h1-2,5-10,16H,3-4,11-13H2. The predicted octanol–water partition coefficient (Wildman–Crippen LogP) is 4.46. The molecule has 3 aromatic rings. The first-order chi connectivity index (χ1) is 11.3. The van der Waals surface area contributed by atoms with Gasteiger partial charge < -0.3 is 9.30 Å². The number of aromatic nitrogens is 2. The Hall–Kier alpha value is -1.84. The number of hydrogen-bond acceptors (Lipinski definition) is 2. The average molecular weight is 327 g/mol. The van der Waals surface area contributed by atoms with Crippen LogP contribution in [0.3, 0.4) is 0 Å². The third-order valence-corrected chi connectivity index (χ3v) is 4.67. The predicted molar refractivity (Wildman–Crippen MR) is 93.0 cm³/mol. The Morgan fingerprint density at radius 1 is 1.13 bits per heavy atom. The molecule has 1 aromatic heterocycles. The Bertz CT molecular complexity index is 804. The van der Waals surface area contributed by atoms with E-state index in [1.54, 1.807) is 0 Å². The summed E-state index contributed by atoms with van der Waals surface area (Å²) >= 11 is 5.99. The zero-order valence-corrected chi connectivity index (χ0v) is 13.7. The van der Waals surface area contributed by atoms with Crippen LogP contribution in [0.5, 0.6) is 0 Å². The molecule has 0 saturated carbocycles. The van der Waals surface area contributed by atoms with Crippen molar-refractivity contribution in [3.8, 4) is 0 Å². The first kappa shape index (κ1) is 14.7. The number of imidazole rings is 1. The SMILES string of the molecule is Clc1ccc(Cc2nc3ccccc3n2CC2CCCO2)cc1. The molecule has 1 unspecified atom stereocenters. The average Bonchev–Trinajstić information content (AvgIpc) is 3.19. The molecule has 0 aliphatic carbocycles. The van der Waals surface area contributed by atoms with Crippen LogP contribution < -0.4 is 0 Å². The molecule has 0 N–H and O–H groups in total. The molecule has 0 bridgehead atoms. The lowest BCUT2D eigenvalue weighted by Crippen LogP contribution is -2.17. The fourth-order valence-corrected chi connectivity index (χ4v) is 3.37. The van der Waals surface area contributed by atoms with Crippen molar-refractivity contribution in [1.82, 2.24) is 9.55 Å². The first-order valence-corrected chi connectivity index (χ1v) is 8.47. The number of halogens is 1. The van der Waals surface area contributed by atoms with E-state index in [0.29, 0.717) is 6.10 Å². The molecule has 1 atom stereocenters. The molecular weight excluding hydrogens is 308 g/mol. The summed E-state index contributed by atoms with van der Waals surface area (Å²) in [5.41, 5.74) is 3.46. The van der Waals surface area contributed by atoms with E-state index < -0.39 is 0 Å². The molecule has 118 valence electrons. The Morgan fingerprint density at radius 2 is 1.96 bits per heavy atom. The van der Waals surface area contributed by atoms with Crippen molar-refractivity contribution in [2.45, 2.75) is 31.9 Å². The van der Waals surface area contributed by atoms with Crippen LogP contribution in [0.1, 0.15) is 24.2 Å². The monoisotopic (exact) mass is 326 g/mol. The second-order valence-corrected chi connectivity index (χ2v) is 6.50. The third-order valence-electron chi connectivity index (χ3n) is 4.42. The normalized spacial score (nSPS) is 17.9. The van der Waals surface area contributed by atoms with Crippen LogP contribution in [0.4, 0.5) is 0 Å². The van der Waals surface area contributed by atoms with E-state index in [2.05, 4.69) is 34.9 Å². The lowest BCUT2D eigenvalue weighted by molar-refractivity contribution is 0.0973. The van der Waals surface area contributed by atoms with E-state index in [9.17, 15) is 0 Å². The van der Waals surface area contributed by atoms with Crippen molar-refractivity contribution in [2.24, 2.45) is 0 Å². The molecule has 0 amide bonds. The van der Waals surface area contributed by atoms with Gasteiger partial charge in [0.1, 0.15) is 5.82 Å². The molecule has 1 saturated heterocycles. The largest absolute Gasteiger partial charge is 0.376 e. The van der Waals surface area contributed by atoms with E-state index >= 15 is 0 Å². The Balaban J connectivity index is 1.70. The molecule has 0 radical (unpaired) electrons. The summed E-state index contributed by atoms with van der Waals surface area (Å²) in [5, 5.41) is 0.765. The number of nitrogens with zero attached hydrogens (tertiary/aromatic N) is 2. The molecule has 1 aliphatic heterocycles. The summed E-state index contributed by atoms with van der Waals surface area (Å²) in [5.74, 6) is 1.09. The number of benzene rings is 2. The van der Waals surface area contributed by atoms with Gasteiger partial charge in [0.05, 0.1) is 23.7 Å². The minimum Gasteiger partial charge on any atom is -0.376 e. The van der Waals surface area contributed by atoms with Crippen molar-refractivity contribution in [2.75, 3.05) is 6.61 Å². The van der Waals surface area contributed by atoms with E-state index in [1.165, 1.54) is 11.1 Å². The second kappa shape index (κ2) is 6.34. The van der Waals surface area contributed by atoms with E-state index in [1.807, 2.05) is 18.2 Å². The maximum Gasteiger partial charge on any atom is 0.114 e. The molecule has 2 aromatic carbocycles. The highest BCUT2D eigenvalue weighted by Gasteiger charge is 2.19. The highest BCUT2D eigenvalue weighted by molar-refractivity contribution is 6.30. The molecule has 0 spiro atoms. The van der Waals surface area contributed by atoms with Gasteiger partial charge in [-0.3, -0.25) is 0 Å². The summed E-state index contributed by atoms with van der Waals surface area (Å²) < 4.78 is 8.15. The third kappa shape index (κ3) is 3.12. The summed E-state index contributed by atoms with van der Waals surface area (Å²) in [4.78, 5) is 4.85. The van der Waals surface area contributed by atoms with Crippen molar-refractivity contribution in [3.05, 3.63) is 64.9 Å². The van der Waals surface area contributed by atoms with E-state index in [4.69, 9.17) is 21.3 Å². The van der Waals surface area contributed by atoms with Crippen LogP contribution in [0.15, 0.2) is 48.5 Å². The Labute approximate surface area is 140 Å². The van der Waals surface area contributed by atoms with E-state index in [0.717, 1.165) is 48.8 Å². The van der Waals surface area contributed by atoms with Crippen molar-refractivity contribution in [1.29, 1.82) is 0 Å². The number of ether oxygens (including phenoxy) is 1. The Kier molecular flexibility index (Phi) is 4.06. The lowest BCUT2D eigenvalue weighted by Gasteiger charge is -2.14. The molecule has 4 rings (SSSR count). The number of rotatable bonds is 4. The van der Waals surface area contributed by atoms with Gasteiger partial charge in [-0.25, -0.2) is 4.98 Å². The van der Waals surface area contributed by atoms with Gasteiger partial charge in [-0.05, 0) is 42.7 Å². The van der Waals surface area contributed by atoms with Gasteiger partial charge in [-0.15, -0.1) is 0 Å². The van der Waals surface area contributed by atoms with Crippen LogP contribution in [-0.4, -0.2) is 22.3 Å². The molecule has 23 heavy (non-hydrogen) atoms. The second-order valence-electron chi connectivity index (χ2n) is 6.07. The molecule has 4 heteroatoms. The molecular formula is C19H19ClN2O. The van der Waals surface area contributed by atoms with Crippen LogP contribution in [-0.2, 0) is 17.7 Å². The highest BCUT2D eigenvalue weighted by atomic mass is 35.5. The van der Waals surface area contributed by atoms with Gasteiger partial charge in [-0.1, -0.05) is 35.9 Å². The van der Waals surface area contributed by atoms with Crippen LogP contribution >= 0.6 is 11.6 Å². The van der Waals surface area contributed by atoms with Crippen molar-refractivity contribution < 1.29 is 4.74 Å². The maximum atomic E-state index is 5.99. The fraction of sp³-hybridized carbons (Fsp3) is 0.316. The van der Waals surface area contributed by atoms with E-state index in [-0.39, 0.29) is 0 Å². The van der Waals surface area contributed by atoms with Crippen molar-refractivity contribution >= 4 is 22.6 Å². The first-order valence-electron chi connectivity index (χ1n) is 8.10. The number of hydrogen-bond donors (Lipinski definition) is 0. The quantitative estimate of drug-likeness (QED) is 0.707. The molecule has 3 nitrogen and oxygen atoms in total. The summed E-state index contributed by atoms with van der Waals surface area (Å²) in [6, 6.07) is 16.3. The van der Waals surface area contributed by atoms with Gasteiger partial charge in [0.15, 0.2) is 0 Å². The van der Waals surface area contributed by atoms with Crippen LogP contribution in [0.25, 0.3) is 11.0 Å². The van der Waals surface area contributed by atoms with Crippen molar-refractivity contribution in [3.63, 3.8) is 0 Å². The minimum absolute atomic E-state index is 0.302. The lowest BCUT2D eigenvalue weighted by atomic mass is 10.1. The zero-order chi connectivity index (χ0) is 15.6. The minimum atomic E-state index is 0.302. The van der Waals surface area contributed by atoms with Crippen LogP contribution in [0, 0.1) is 0 Å². The number of fused-ring (bicyclic) bond motifs is 1. The van der Waals surface area contributed by atoms with Gasteiger partial charge >= 0.3 is 0 Å². The highest BCUT2D eigenvalue weighted by Crippen LogP contribution is 2.23. The molecule has 1 aliphatic rings. The topological polar surface area (TPSA) is 27.1 Å². The molecule has 1 fully saturated rings. The van der Waals surface area contributed by atoms with Gasteiger partial charge in [0.25, 0.3) is 0 Å². The zero-order valence-electron chi connectivity index (χ0n) is 12.9. The van der Waals surface area contributed by atoms with Gasteiger partial charge in [0, 0.05) is 18.1 Å². The number of para-hydroxylation sites is 2. The van der Waals surface area contributed by atoms with Gasteiger partial charge in [-0.2, -0.15) is 0 Å². The maximum absolute atomic E-state index is 5.99. The Morgan fingerprint density at radius 3 is 2.74 bits per heavy atom. The smallest absolute Gasteiger partial charge is 0.114 e. The molecule has 2 heterocycles.